The predicted octanol–water partition coefficient (Wildman–Crippen LogP) is 4.96. The molecular formula is C25H27FN2O3. The Balaban J connectivity index is 2.44. The molecule has 1 amide bonds. The van der Waals surface area contributed by atoms with Crippen molar-refractivity contribution in [2.45, 2.75) is 39.8 Å². The summed E-state index contributed by atoms with van der Waals surface area (Å²) in [6, 6.07) is 11.6. The number of hydrogen-bond donors (Lipinski definition) is 1. The second kappa shape index (κ2) is 11.6. The van der Waals surface area contributed by atoms with E-state index in [1.54, 1.807) is 24.3 Å². The molecule has 0 radical (unpaired) electrons. The number of benzene rings is 2. The highest BCUT2D eigenvalue weighted by Crippen LogP contribution is 2.35. The summed E-state index contributed by atoms with van der Waals surface area (Å²) in [6.45, 7) is 9.86. The number of nitrogens with zero attached hydrogens (tertiary/aromatic N) is 1. The zero-order chi connectivity index (χ0) is 22.8. The Kier molecular flexibility index (Phi) is 8.83. The molecule has 2 aromatic carbocycles. The van der Waals surface area contributed by atoms with Crippen molar-refractivity contribution in [3.63, 3.8) is 0 Å². The average molecular weight is 423 g/mol. The fraction of sp³-hybridized carbons (Fsp3) is 0.280. The standard InChI is InChI=1S/C25H27FN2O3/c1-5-8-20-11-19(12-21(15-27)25(29)28-17(3)4)14-23(30-6-2)24(20)31-16-18-9-7-10-22(26)13-18/h5,7,9-14,17H,1,6,8,16H2,2-4H3,(H,28,29)/b21-12-. The molecule has 0 saturated carbocycles. The first-order valence-electron chi connectivity index (χ1n) is 10.1. The minimum atomic E-state index is -0.438. The highest BCUT2D eigenvalue weighted by Gasteiger charge is 2.15. The van der Waals surface area contributed by atoms with Crippen LogP contribution >= 0.6 is 0 Å². The minimum absolute atomic E-state index is 0.00543. The molecule has 0 atom stereocenters. The van der Waals surface area contributed by atoms with Gasteiger partial charge in [0.15, 0.2) is 11.5 Å². The number of carbonyl (C=O) groups excluding carboxylic acids is 1. The number of nitrogens with one attached hydrogen (secondary N) is 1. The van der Waals surface area contributed by atoms with E-state index in [9.17, 15) is 14.4 Å². The third-order valence-corrected chi connectivity index (χ3v) is 4.19. The van der Waals surface area contributed by atoms with E-state index in [-0.39, 0.29) is 24.0 Å². The van der Waals surface area contributed by atoms with Crippen molar-refractivity contribution >= 4 is 12.0 Å². The van der Waals surface area contributed by atoms with E-state index in [4.69, 9.17) is 9.47 Å². The van der Waals surface area contributed by atoms with Crippen LogP contribution in [0.3, 0.4) is 0 Å². The largest absolute Gasteiger partial charge is 0.490 e. The molecule has 6 heteroatoms. The molecule has 0 aromatic heterocycles. The number of carbonyl (C=O) groups is 1. The molecule has 162 valence electrons. The van der Waals surface area contributed by atoms with Crippen molar-refractivity contribution in [2.75, 3.05) is 6.61 Å². The van der Waals surface area contributed by atoms with Crippen LogP contribution in [0.1, 0.15) is 37.5 Å². The molecule has 0 unspecified atom stereocenters. The summed E-state index contributed by atoms with van der Waals surface area (Å²) in [5.41, 5.74) is 2.10. The van der Waals surface area contributed by atoms with Crippen molar-refractivity contribution in [2.24, 2.45) is 0 Å². The Morgan fingerprint density at radius 1 is 1.29 bits per heavy atom. The van der Waals surface area contributed by atoms with Gasteiger partial charge in [-0.1, -0.05) is 18.2 Å². The zero-order valence-corrected chi connectivity index (χ0v) is 18.1. The van der Waals surface area contributed by atoms with Gasteiger partial charge in [-0.3, -0.25) is 4.79 Å². The predicted molar refractivity (Wildman–Crippen MR) is 119 cm³/mol. The first kappa shape index (κ1) is 23.7. The molecule has 0 bridgehead atoms. The monoisotopic (exact) mass is 422 g/mol. The van der Waals surface area contributed by atoms with Crippen LogP contribution in [-0.2, 0) is 17.8 Å². The summed E-state index contributed by atoms with van der Waals surface area (Å²) < 4.78 is 25.3. The molecule has 5 nitrogen and oxygen atoms in total. The zero-order valence-electron chi connectivity index (χ0n) is 18.1. The number of ether oxygens (including phenoxy) is 2. The summed E-state index contributed by atoms with van der Waals surface area (Å²) in [5.74, 6) is 0.230. The second-order valence-electron chi connectivity index (χ2n) is 7.15. The lowest BCUT2D eigenvalue weighted by Gasteiger charge is -2.17. The Morgan fingerprint density at radius 3 is 2.68 bits per heavy atom. The number of halogens is 1. The Bertz CT molecular complexity index is 1010. The van der Waals surface area contributed by atoms with Crippen molar-refractivity contribution in [3.05, 3.63) is 77.1 Å². The van der Waals surface area contributed by atoms with Gasteiger partial charge in [0, 0.05) is 11.6 Å². The lowest BCUT2D eigenvalue weighted by molar-refractivity contribution is -0.117. The van der Waals surface area contributed by atoms with E-state index < -0.39 is 5.91 Å². The van der Waals surface area contributed by atoms with Crippen LogP contribution in [0.15, 0.2) is 54.6 Å². The second-order valence-corrected chi connectivity index (χ2v) is 7.15. The Labute approximate surface area is 182 Å². The topological polar surface area (TPSA) is 71.4 Å². The molecule has 0 heterocycles. The molecule has 2 rings (SSSR count). The number of allylic oxidation sites excluding steroid dienone is 1. The molecule has 1 N–H and O–H groups in total. The van der Waals surface area contributed by atoms with Crippen LogP contribution in [-0.4, -0.2) is 18.6 Å². The van der Waals surface area contributed by atoms with Gasteiger partial charge in [-0.05, 0) is 68.7 Å². The maximum atomic E-state index is 13.5. The van der Waals surface area contributed by atoms with Crippen LogP contribution in [0.4, 0.5) is 4.39 Å². The lowest BCUT2D eigenvalue weighted by atomic mass is 10.0. The molecule has 0 aliphatic carbocycles. The third kappa shape index (κ3) is 7.00. The molecule has 0 fully saturated rings. The van der Waals surface area contributed by atoms with Gasteiger partial charge in [0.05, 0.1) is 6.61 Å². The van der Waals surface area contributed by atoms with Gasteiger partial charge in [-0.15, -0.1) is 6.58 Å². The first-order chi connectivity index (χ1) is 14.9. The average Bonchev–Trinajstić information content (AvgIpc) is 2.71. The third-order valence-electron chi connectivity index (χ3n) is 4.19. The smallest absolute Gasteiger partial charge is 0.262 e. The van der Waals surface area contributed by atoms with Crippen LogP contribution in [0.2, 0.25) is 0 Å². The number of hydrogen-bond acceptors (Lipinski definition) is 4. The van der Waals surface area contributed by atoms with E-state index >= 15 is 0 Å². The van der Waals surface area contributed by atoms with Gasteiger partial charge in [0.25, 0.3) is 5.91 Å². The quantitative estimate of drug-likeness (QED) is 0.334. The van der Waals surface area contributed by atoms with Crippen LogP contribution < -0.4 is 14.8 Å². The Hall–Kier alpha value is -3.59. The molecule has 0 saturated heterocycles. The number of nitriles is 1. The van der Waals surface area contributed by atoms with E-state index in [0.717, 1.165) is 5.56 Å². The fourth-order valence-corrected chi connectivity index (χ4v) is 2.94. The van der Waals surface area contributed by atoms with Crippen molar-refractivity contribution in [3.8, 4) is 17.6 Å². The van der Waals surface area contributed by atoms with Crippen molar-refractivity contribution < 1.29 is 18.7 Å². The molecule has 0 aliphatic heterocycles. The van der Waals surface area contributed by atoms with E-state index in [0.29, 0.717) is 35.7 Å². The first-order valence-corrected chi connectivity index (χ1v) is 10.1. The molecule has 0 spiro atoms. The van der Waals surface area contributed by atoms with Crippen molar-refractivity contribution in [1.82, 2.24) is 5.32 Å². The van der Waals surface area contributed by atoms with E-state index in [1.165, 1.54) is 18.2 Å². The highest BCUT2D eigenvalue weighted by molar-refractivity contribution is 6.01. The lowest BCUT2D eigenvalue weighted by Crippen LogP contribution is -2.30. The van der Waals surface area contributed by atoms with Gasteiger partial charge in [-0.25, -0.2) is 4.39 Å². The van der Waals surface area contributed by atoms with E-state index in [2.05, 4.69) is 11.9 Å². The molecule has 0 aliphatic rings. The van der Waals surface area contributed by atoms with Crippen LogP contribution in [0.25, 0.3) is 6.08 Å². The summed E-state index contributed by atoms with van der Waals surface area (Å²) in [6.07, 6.45) is 3.73. The minimum Gasteiger partial charge on any atom is -0.490 e. The van der Waals surface area contributed by atoms with Gasteiger partial charge >= 0.3 is 0 Å². The van der Waals surface area contributed by atoms with Crippen LogP contribution in [0.5, 0.6) is 11.5 Å². The van der Waals surface area contributed by atoms with Crippen molar-refractivity contribution in [1.29, 1.82) is 5.26 Å². The normalized spacial score (nSPS) is 11.0. The van der Waals surface area contributed by atoms with Gasteiger partial charge in [0.2, 0.25) is 0 Å². The van der Waals surface area contributed by atoms with Gasteiger partial charge in [0.1, 0.15) is 24.1 Å². The van der Waals surface area contributed by atoms with Gasteiger partial charge < -0.3 is 14.8 Å². The van der Waals surface area contributed by atoms with E-state index in [1.807, 2.05) is 32.9 Å². The summed E-state index contributed by atoms with van der Waals surface area (Å²) in [7, 11) is 0. The highest BCUT2D eigenvalue weighted by atomic mass is 19.1. The summed E-state index contributed by atoms with van der Waals surface area (Å²) in [5, 5.41) is 12.1. The van der Waals surface area contributed by atoms with Crippen LogP contribution in [0, 0.1) is 17.1 Å². The molecular weight excluding hydrogens is 395 g/mol. The SMILES string of the molecule is C=CCc1cc(/C=C(/C#N)C(=O)NC(C)C)cc(OCC)c1OCc1cccc(F)c1. The molecule has 31 heavy (non-hydrogen) atoms. The summed E-state index contributed by atoms with van der Waals surface area (Å²) in [4.78, 5) is 12.3. The maximum absolute atomic E-state index is 13.5. The van der Waals surface area contributed by atoms with Gasteiger partial charge in [-0.2, -0.15) is 5.26 Å². The number of amides is 1. The fourth-order valence-electron chi connectivity index (χ4n) is 2.94. The summed E-state index contributed by atoms with van der Waals surface area (Å²) >= 11 is 0. The number of rotatable bonds is 10. The molecule has 2 aromatic rings. The Morgan fingerprint density at radius 2 is 2.06 bits per heavy atom. The maximum Gasteiger partial charge on any atom is 0.262 e.